The summed E-state index contributed by atoms with van der Waals surface area (Å²) < 4.78 is 6.90. The van der Waals surface area contributed by atoms with E-state index >= 15 is 0 Å². The number of carbonyl (C=O) groups is 1. The van der Waals surface area contributed by atoms with Gasteiger partial charge in [0.15, 0.2) is 0 Å². The fourth-order valence-electron chi connectivity index (χ4n) is 3.21. The lowest BCUT2D eigenvalue weighted by molar-refractivity contribution is -0.121. The molecule has 1 saturated heterocycles. The van der Waals surface area contributed by atoms with Gasteiger partial charge in [-0.1, -0.05) is 13.8 Å². The number of hydrogen-bond acceptors (Lipinski definition) is 5. The van der Waals surface area contributed by atoms with Crippen molar-refractivity contribution in [2.45, 2.75) is 39.8 Å². The molecule has 1 fully saturated rings. The van der Waals surface area contributed by atoms with E-state index in [2.05, 4.69) is 24.1 Å². The number of pyridine rings is 1. The van der Waals surface area contributed by atoms with Gasteiger partial charge in [0.25, 0.3) is 5.56 Å². The molecule has 1 atom stereocenters. The number of hydrogen-bond donors (Lipinski definition) is 2. The van der Waals surface area contributed by atoms with Gasteiger partial charge in [0.05, 0.1) is 13.2 Å². The van der Waals surface area contributed by atoms with Crippen LogP contribution >= 0.6 is 0 Å². The van der Waals surface area contributed by atoms with Gasteiger partial charge in [-0.3, -0.25) is 14.5 Å². The number of carbonyl (C=O) groups excluding carboxylic acids is 1. The van der Waals surface area contributed by atoms with Crippen LogP contribution in [-0.2, 0) is 16.1 Å². The molecule has 0 aromatic carbocycles. The van der Waals surface area contributed by atoms with Crippen LogP contribution in [0.5, 0.6) is 5.75 Å². The third-order valence-electron chi connectivity index (χ3n) is 4.67. The molecular formula is C18H29N3O4. The number of morpholine rings is 1. The summed E-state index contributed by atoms with van der Waals surface area (Å²) in [6.07, 6.45) is 0.236. The molecule has 0 radical (unpaired) electrons. The minimum atomic E-state index is -0.293. The highest BCUT2D eigenvalue weighted by Gasteiger charge is 2.24. The summed E-state index contributed by atoms with van der Waals surface area (Å²) in [4.78, 5) is 26.4. The van der Waals surface area contributed by atoms with E-state index < -0.39 is 0 Å². The number of nitrogens with one attached hydrogen (secondary N) is 1. The van der Waals surface area contributed by atoms with Gasteiger partial charge in [-0.2, -0.15) is 0 Å². The first kappa shape index (κ1) is 19.5. The normalized spacial score (nSPS) is 16.8. The van der Waals surface area contributed by atoms with Gasteiger partial charge < -0.3 is 19.7 Å². The van der Waals surface area contributed by atoms with Crippen molar-refractivity contribution in [1.82, 2.24) is 14.8 Å². The maximum atomic E-state index is 12.2. The van der Waals surface area contributed by atoms with Crippen LogP contribution in [0.25, 0.3) is 0 Å². The molecule has 0 saturated carbocycles. The van der Waals surface area contributed by atoms with Crippen LogP contribution in [0, 0.1) is 12.8 Å². The van der Waals surface area contributed by atoms with Crippen LogP contribution in [0.1, 0.15) is 26.0 Å². The molecule has 1 amide bonds. The Hall–Kier alpha value is -1.86. The summed E-state index contributed by atoms with van der Waals surface area (Å²) in [5, 5.41) is 12.4. The highest BCUT2D eigenvalue weighted by Crippen LogP contribution is 2.12. The summed E-state index contributed by atoms with van der Waals surface area (Å²) >= 11 is 0. The van der Waals surface area contributed by atoms with Crippen molar-refractivity contribution in [1.29, 1.82) is 0 Å². The largest absolute Gasteiger partial charge is 0.508 e. The number of aromatic nitrogens is 1. The zero-order chi connectivity index (χ0) is 18.4. The second-order valence-electron chi connectivity index (χ2n) is 6.86. The van der Waals surface area contributed by atoms with E-state index in [9.17, 15) is 14.7 Å². The molecule has 1 aliphatic rings. The average Bonchev–Trinajstić information content (AvgIpc) is 2.54. The molecule has 2 heterocycles. The topological polar surface area (TPSA) is 83.8 Å². The molecule has 1 aromatic heterocycles. The fourth-order valence-corrected chi connectivity index (χ4v) is 3.21. The number of rotatable bonds is 7. The molecule has 2 N–H and O–H groups in total. The smallest absolute Gasteiger partial charge is 0.254 e. The van der Waals surface area contributed by atoms with Crippen molar-refractivity contribution < 1.29 is 14.6 Å². The average molecular weight is 351 g/mol. The second kappa shape index (κ2) is 9.01. The summed E-state index contributed by atoms with van der Waals surface area (Å²) in [5.41, 5.74) is 0.352. The standard InChI is InChI=1S/C18H29N3O4/c1-13(2)16(20-6-8-25-9-7-20)12-19-17(23)4-5-21-14(3)10-15(22)11-18(21)24/h10-11,13,16,22H,4-9,12H2,1-3H3,(H,19,23). The Bertz CT molecular complexity index is 636. The number of aryl methyl sites for hydroxylation is 1. The second-order valence-corrected chi connectivity index (χ2v) is 6.86. The summed E-state index contributed by atoms with van der Waals surface area (Å²) in [6.45, 7) is 10.2. The Morgan fingerprint density at radius 3 is 2.60 bits per heavy atom. The minimum Gasteiger partial charge on any atom is -0.508 e. The van der Waals surface area contributed by atoms with Crippen LogP contribution in [0.4, 0.5) is 0 Å². The quantitative estimate of drug-likeness (QED) is 0.756. The van der Waals surface area contributed by atoms with Gasteiger partial charge in [0, 0.05) is 50.4 Å². The van der Waals surface area contributed by atoms with Gasteiger partial charge in [0.2, 0.25) is 5.91 Å². The van der Waals surface area contributed by atoms with E-state index in [0.717, 1.165) is 32.4 Å². The van der Waals surface area contributed by atoms with E-state index in [1.54, 1.807) is 6.92 Å². The Morgan fingerprint density at radius 2 is 2.00 bits per heavy atom. The molecular weight excluding hydrogens is 322 g/mol. The first-order valence-electron chi connectivity index (χ1n) is 8.87. The Kier molecular flexibility index (Phi) is 7.01. The number of nitrogens with zero attached hydrogens (tertiary/aromatic N) is 2. The van der Waals surface area contributed by atoms with Crippen molar-refractivity contribution in [3.63, 3.8) is 0 Å². The molecule has 25 heavy (non-hydrogen) atoms. The molecule has 140 valence electrons. The molecule has 7 heteroatoms. The van der Waals surface area contributed by atoms with E-state index in [1.807, 2.05) is 0 Å². The van der Waals surface area contributed by atoms with Crippen molar-refractivity contribution in [3.8, 4) is 5.75 Å². The Balaban J connectivity index is 1.86. The van der Waals surface area contributed by atoms with Gasteiger partial charge in [-0.25, -0.2) is 0 Å². The predicted molar refractivity (Wildman–Crippen MR) is 95.7 cm³/mol. The summed E-state index contributed by atoms with van der Waals surface area (Å²) in [6, 6.07) is 2.97. The van der Waals surface area contributed by atoms with Gasteiger partial charge >= 0.3 is 0 Å². The van der Waals surface area contributed by atoms with Crippen LogP contribution < -0.4 is 10.9 Å². The third-order valence-corrected chi connectivity index (χ3v) is 4.67. The minimum absolute atomic E-state index is 0.0477. The SMILES string of the molecule is Cc1cc(O)cc(=O)n1CCC(=O)NCC(C(C)C)N1CCOCC1. The van der Waals surface area contributed by atoms with Gasteiger partial charge in [0.1, 0.15) is 5.75 Å². The molecule has 1 unspecified atom stereocenters. The van der Waals surface area contributed by atoms with Crippen molar-refractivity contribution in [3.05, 3.63) is 28.2 Å². The molecule has 1 aliphatic heterocycles. The van der Waals surface area contributed by atoms with Crippen LogP contribution in [-0.4, -0.2) is 59.4 Å². The summed E-state index contributed by atoms with van der Waals surface area (Å²) in [5.74, 6) is 0.312. The van der Waals surface area contributed by atoms with E-state index in [1.165, 1.54) is 10.6 Å². The van der Waals surface area contributed by atoms with Gasteiger partial charge in [-0.05, 0) is 18.9 Å². The van der Waals surface area contributed by atoms with Crippen molar-refractivity contribution >= 4 is 5.91 Å². The third kappa shape index (κ3) is 5.57. The Morgan fingerprint density at radius 1 is 1.32 bits per heavy atom. The summed E-state index contributed by atoms with van der Waals surface area (Å²) in [7, 11) is 0. The van der Waals surface area contributed by atoms with E-state index in [-0.39, 0.29) is 29.7 Å². The maximum absolute atomic E-state index is 12.2. The lowest BCUT2D eigenvalue weighted by atomic mass is 10.0. The first-order valence-corrected chi connectivity index (χ1v) is 8.87. The van der Waals surface area contributed by atoms with Crippen molar-refractivity contribution in [2.75, 3.05) is 32.8 Å². The predicted octanol–water partition coefficient (Wildman–Crippen LogP) is 0.725. The fraction of sp³-hybridized carbons (Fsp3) is 0.667. The van der Waals surface area contributed by atoms with Crippen LogP contribution in [0.3, 0.4) is 0 Å². The van der Waals surface area contributed by atoms with Crippen LogP contribution in [0.15, 0.2) is 16.9 Å². The molecule has 0 aliphatic carbocycles. The number of aromatic hydroxyl groups is 1. The molecule has 2 rings (SSSR count). The lowest BCUT2D eigenvalue weighted by Crippen LogP contribution is -2.51. The highest BCUT2D eigenvalue weighted by atomic mass is 16.5. The zero-order valence-electron chi connectivity index (χ0n) is 15.3. The zero-order valence-corrected chi connectivity index (χ0v) is 15.3. The van der Waals surface area contributed by atoms with E-state index in [4.69, 9.17) is 4.74 Å². The first-order chi connectivity index (χ1) is 11.9. The molecule has 0 bridgehead atoms. The highest BCUT2D eigenvalue weighted by molar-refractivity contribution is 5.75. The monoisotopic (exact) mass is 351 g/mol. The van der Waals surface area contributed by atoms with Gasteiger partial charge in [-0.15, -0.1) is 0 Å². The van der Waals surface area contributed by atoms with Crippen molar-refractivity contribution in [2.24, 2.45) is 5.92 Å². The maximum Gasteiger partial charge on any atom is 0.254 e. The van der Waals surface area contributed by atoms with Crippen LogP contribution in [0.2, 0.25) is 0 Å². The number of amides is 1. The van der Waals surface area contributed by atoms with E-state index in [0.29, 0.717) is 24.7 Å². The molecule has 1 aromatic rings. The number of ether oxygens (including phenoxy) is 1. The Labute approximate surface area is 148 Å². The lowest BCUT2D eigenvalue weighted by Gasteiger charge is -2.36. The molecule has 0 spiro atoms. The molecule has 7 nitrogen and oxygen atoms in total.